The van der Waals surface area contributed by atoms with Gasteiger partial charge < -0.3 is 22.1 Å². The molecule has 15 nitrogen and oxygen atoms in total. The van der Waals surface area contributed by atoms with E-state index in [-0.39, 0.29) is 0 Å². The molecule has 0 bridgehead atoms. The maximum Gasteiger partial charge on any atom is 0.163 e. The van der Waals surface area contributed by atoms with E-state index in [9.17, 15) is 0 Å². The first-order chi connectivity index (χ1) is 32.2. The summed E-state index contributed by atoms with van der Waals surface area (Å²) in [5.41, 5.74) is 9.17. The molecule has 0 aliphatic heterocycles. The summed E-state index contributed by atoms with van der Waals surface area (Å²) < 4.78 is 33.1. The minimum absolute atomic E-state index is 0.404. The minimum Gasteiger partial charge on any atom is -0.452 e. The normalized spacial score (nSPS) is 12.3. The number of aromatic nitrogens is 10. The second-order valence-electron chi connectivity index (χ2n) is 15.6. The van der Waals surface area contributed by atoms with E-state index in [4.69, 9.17) is 52.0 Å². The molecule has 15 rings (SSSR count). The Morgan fingerprint density at radius 2 is 0.554 bits per heavy atom. The molecule has 0 spiro atoms. The van der Waals surface area contributed by atoms with Crippen LogP contribution in [0.3, 0.4) is 0 Å². The molecular weight excluding hydrogens is 821 g/mol. The maximum atomic E-state index is 7.11. The van der Waals surface area contributed by atoms with Crippen molar-refractivity contribution in [2.75, 3.05) is 0 Å². The van der Waals surface area contributed by atoms with E-state index in [1.165, 1.54) is 0 Å². The number of fused-ring (bicyclic) bond motifs is 15. The second kappa shape index (κ2) is 12.5. The van der Waals surface area contributed by atoms with Crippen LogP contribution in [-0.2, 0) is 0 Å². The van der Waals surface area contributed by atoms with Gasteiger partial charge in [-0.05, 0) is 60.7 Å². The van der Waals surface area contributed by atoms with Gasteiger partial charge in [0.1, 0.15) is 34.2 Å². The van der Waals surface area contributed by atoms with Gasteiger partial charge in [0.2, 0.25) is 0 Å². The lowest BCUT2D eigenvalue weighted by Crippen LogP contribution is -1.95. The molecule has 0 atom stereocenters. The third-order valence-corrected chi connectivity index (χ3v) is 12.1. The molecule has 0 aromatic carbocycles. The molecule has 15 heteroatoms. The summed E-state index contributed by atoms with van der Waals surface area (Å²) in [5.74, 6) is 0. The number of hydrogen-bond acceptors (Lipinski definition) is 15. The van der Waals surface area contributed by atoms with Crippen molar-refractivity contribution in [1.29, 1.82) is 0 Å². The van der Waals surface area contributed by atoms with Crippen LogP contribution in [0.5, 0.6) is 0 Å². The molecule has 0 aliphatic carbocycles. The van der Waals surface area contributed by atoms with E-state index in [0.717, 1.165) is 43.1 Å². The zero-order chi connectivity index (χ0) is 42.3. The molecule has 65 heavy (non-hydrogen) atoms. The summed E-state index contributed by atoms with van der Waals surface area (Å²) in [6, 6.07) is 19.3. The molecule has 302 valence electrons. The van der Waals surface area contributed by atoms with Gasteiger partial charge in [-0.2, -0.15) is 0 Å². The van der Waals surface area contributed by atoms with Crippen molar-refractivity contribution in [2.24, 2.45) is 0 Å². The zero-order valence-electron chi connectivity index (χ0n) is 33.2. The van der Waals surface area contributed by atoms with Gasteiger partial charge in [-0.1, -0.05) is 0 Å². The Labute approximate surface area is 361 Å². The smallest absolute Gasteiger partial charge is 0.163 e. The molecule has 0 amide bonds. The van der Waals surface area contributed by atoms with Crippen LogP contribution in [0.4, 0.5) is 0 Å². The van der Waals surface area contributed by atoms with Crippen molar-refractivity contribution in [3.05, 3.63) is 135 Å². The fraction of sp³-hybridized carbons (Fsp3) is 0. The summed E-state index contributed by atoms with van der Waals surface area (Å²) >= 11 is 0. The van der Waals surface area contributed by atoms with E-state index in [0.29, 0.717) is 112 Å². The largest absolute Gasteiger partial charge is 0.452 e. The first-order valence-corrected chi connectivity index (χ1v) is 20.5. The Kier molecular flexibility index (Phi) is 6.59. The van der Waals surface area contributed by atoms with Crippen LogP contribution < -0.4 is 0 Å². The van der Waals surface area contributed by atoms with Crippen molar-refractivity contribution in [1.82, 2.24) is 49.8 Å². The maximum absolute atomic E-state index is 7.11. The number of hydrogen-bond donors (Lipinski definition) is 0. The van der Waals surface area contributed by atoms with Gasteiger partial charge in [0.15, 0.2) is 55.8 Å². The average molecular weight is 843 g/mol. The van der Waals surface area contributed by atoms with Crippen LogP contribution in [0.15, 0.2) is 157 Å². The van der Waals surface area contributed by atoms with Crippen molar-refractivity contribution >= 4 is 110 Å². The predicted molar refractivity (Wildman–Crippen MR) is 243 cm³/mol. The van der Waals surface area contributed by atoms with Crippen LogP contribution in [-0.4, -0.2) is 49.8 Å². The van der Waals surface area contributed by atoms with Crippen LogP contribution in [0, 0.1) is 0 Å². The Hall–Kier alpha value is -9.50. The monoisotopic (exact) mass is 842 g/mol. The molecule has 0 radical (unpaired) electrons. The fourth-order valence-electron chi connectivity index (χ4n) is 9.27. The topological polar surface area (TPSA) is 195 Å². The van der Waals surface area contributed by atoms with E-state index in [2.05, 4.69) is 19.9 Å². The molecule has 15 heterocycles. The summed E-state index contributed by atoms with van der Waals surface area (Å²) in [5, 5.41) is 8.36. The third kappa shape index (κ3) is 4.71. The number of nitrogens with zero attached hydrogens (tertiary/aromatic N) is 10. The fourth-order valence-corrected chi connectivity index (χ4v) is 9.27. The minimum atomic E-state index is 0.404. The zero-order valence-corrected chi connectivity index (χ0v) is 33.2. The third-order valence-electron chi connectivity index (χ3n) is 12.1. The highest BCUT2D eigenvalue weighted by Gasteiger charge is 2.28. The van der Waals surface area contributed by atoms with E-state index in [1.54, 1.807) is 74.4 Å². The summed E-state index contributed by atoms with van der Waals surface area (Å²) in [4.78, 5) is 47.6. The predicted octanol–water partition coefficient (Wildman–Crippen LogP) is 11.8. The quantitative estimate of drug-likeness (QED) is 0.162. The molecule has 0 fully saturated rings. The highest BCUT2D eigenvalue weighted by Crippen LogP contribution is 2.46. The summed E-state index contributed by atoms with van der Waals surface area (Å²) in [6.45, 7) is 0. The van der Waals surface area contributed by atoms with Crippen LogP contribution in [0.25, 0.3) is 155 Å². The first-order valence-electron chi connectivity index (χ1n) is 20.5. The molecule has 0 saturated carbocycles. The highest BCUT2D eigenvalue weighted by molar-refractivity contribution is 6.19. The average Bonchev–Trinajstić information content (AvgIpc) is 4.19. The molecule has 0 saturated heterocycles. The molecule has 15 aromatic rings. The number of furan rings is 5. The Morgan fingerprint density at radius 3 is 0.908 bits per heavy atom. The lowest BCUT2D eigenvalue weighted by atomic mass is 10.0. The van der Waals surface area contributed by atoms with Gasteiger partial charge in [-0.15, -0.1) is 0 Å². The Morgan fingerprint density at radius 1 is 0.262 bits per heavy atom. The lowest BCUT2D eigenvalue weighted by molar-refractivity contribution is 0.658. The number of pyridine rings is 10. The molecule has 0 unspecified atom stereocenters. The van der Waals surface area contributed by atoms with E-state index >= 15 is 0 Å². The standard InChI is InChI=1S/C50H22N10O5/c1-9-51-19-35-23(1)27-5-13-55-39(45(27)61-35)33-17-31-32-18-34(40-46-28(6-14-56-40)24-2-10-52-20-36(24)62-46)60-44(42-48-30(8-16-58-42)26-4-12-54-22-38(26)64-48)50(32)65-49(31)43(59-33)41-47-29(7-15-57-41)25-3-11-53-21-37(25)63-47/h1-22H. The number of rotatable bonds is 4. The van der Waals surface area contributed by atoms with Crippen molar-refractivity contribution in [2.45, 2.75) is 0 Å². The van der Waals surface area contributed by atoms with Crippen LogP contribution >= 0.6 is 0 Å². The SMILES string of the molecule is c1cc2c(cn1)oc1c(-c3cc4c(oc5c(-c6nccc7c6oc6cnccc67)nc(-c6nccc7c6oc6cnccc67)cc54)c(-c4nccc5c4oc4cnccc45)n3)nccc12. The van der Waals surface area contributed by atoms with Crippen LogP contribution in [0.2, 0.25) is 0 Å². The Bertz CT molecular complexity index is 4240. The first kappa shape index (κ1) is 34.1. The van der Waals surface area contributed by atoms with Crippen molar-refractivity contribution in [3.63, 3.8) is 0 Å². The highest BCUT2D eigenvalue weighted by atomic mass is 16.3. The van der Waals surface area contributed by atoms with E-state index < -0.39 is 0 Å². The van der Waals surface area contributed by atoms with Gasteiger partial charge >= 0.3 is 0 Å². The summed E-state index contributed by atoms with van der Waals surface area (Å²) in [6.07, 6.45) is 20.7. The van der Waals surface area contributed by atoms with Gasteiger partial charge in [-0.3, -0.25) is 39.9 Å². The Balaban J connectivity index is 1.10. The molecule has 0 N–H and O–H groups in total. The second-order valence-corrected chi connectivity index (χ2v) is 15.6. The van der Waals surface area contributed by atoms with Gasteiger partial charge in [-0.25, -0.2) is 9.97 Å². The van der Waals surface area contributed by atoms with Crippen molar-refractivity contribution < 1.29 is 22.1 Å². The van der Waals surface area contributed by atoms with Crippen molar-refractivity contribution in [3.8, 4) is 45.6 Å². The summed E-state index contributed by atoms with van der Waals surface area (Å²) in [7, 11) is 0. The van der Waals surface area contributed by atoms with Gasteiger partial charge in [0.05, 0.1) is 36.2 Å². The van der Waals surface area contributed by atoms with Crippen LogP contribution in [0.1, 0.15) is 0 Å². The van der Waals surface area contributed by atoms with Gasteiger partial charge in [0.25, 0.3) is 0 Å². The molecule has 15 aromatic heterocycles. The molecule has 0 aliphatic rings. The molecular formula is C50H22N10O5. The van der Waals surface area contributed by atoms with Gasteiger partial charge in [0, 0.05) is 103 Å². The lowest BCUT2D eigenvalue weighted by Gasteiger charge is -2.07. The van der Waals surface area contributed by atoms with E-state index in [1.807, 2.05) is 60.7 Å².